The van der Waals surface area contributed by atoms with Gasteiger partial charge in [-0.1, -0.05) is 30.3 Å². The zero-order valence-corrected chi connectivity index (χ0v) is 18.8. The molecular weight excluding hydrogens is 457 g/mol. The molecule has 3 amide bonds. The molecule has 0 atom stereocenters. The molecule has 0 bridgehead atoms. The number of ether oxygens (including phenoxy) is 1. The molecule has 34 heavy (non-hydrogen) atoms. The Morgan fingerprint density at radius 3 is 2.65 bits per heavy atom. The van der Waals surface area contributed by atoms with E-state index in [-0.39, 0.29) is 25.5 Å². The van der Waals surface area contributed by atoms with Crippen LogP contribution in [0.5, 0.6) is 5.75 Å². The summed E-state index contributed by atoms with van der Waals surface area (Å²) in [6.45, 7) is 0.299. The molecule has 2 aromatic carbocycles. The van der Waals surface area contributed by atoms with Gasteiger partial charge in [0.05, 0.1) is 10.5 Å². The minimum atomic E-state index is -0.406. The summed E-state index contributed by atoms with van der Waals surface area (Å²) in [5, 5.41) is 2.33. The van der Waals surface area contributed by atoms with Crippen molar-refractivity contribution in [2.75, 3.05) is 13.1 Å². The Morgan fingerprint density at radius 1 is 1.09 bits per heavy atom. The Bertz CT molecular complexity index is 1230. The van der Waals surface area contributed by atoms with Crippen LogP contribution in [0.2, 0.25) is 0 Å². The van der Waals surface area contributed by atoms with Crippen molar-refractivity contribution in [3.63, 3.8) is 0 Å². The highest BCUT2D eigenvalue weighted by Gasteiger charge is 2.34. The molecule has 0 radical (unpaired) electrons. The maximum atomic E-state index is 13.1. The molecule has 2 heterocycles. The molecule has 1 aromatic heterocycles. The minimum absolute atomic E-state index is 0.0411. The van der Waals surface area contributed by atoms with E-state index in [1.54, 1.807) is 67.0 Å². The lowest BCUT2D eigenvalue weighted by atomic mass is 10.2. The first-order valence-electron chi connectivity index (χ1n) is 10.4. The summed E-state index contributed by atoms with van der Waals surface area (Å²) in [7, 11) is 0. The number of imide groups is 1. The topological polar surface area (TPSA) is 88.6 Å². The molecule has 9 heteroatoms. The molecule has 1 N–H and O–H groups in total. The van der Waals surface area contributed by atoms with Crippen LogP contribution >= 0.6 is 11.8 Å². The van der Waals surface area contributed by atoms with Gasteiger partial charge in [-0.05, 0) is 59.3 Å². The normalized spacial score (nSPS) is 14.5. The van der Waals surface area contributed by atoms with Crippen molar-refractivity contribution < 1.29 is 23.5 Å². The molecule has 0 unspecified atom stereocenters. The third kappa shape index (κ3) is 5.68. The Hall–Kier alpha value is -3.98. The number of hydrogen-bond acceptors (Lipinski definition) is 6. The Balaban J connectivity index is 1.33. The number of aromatic nitrogens is 1. The SMILES string of the molecule is O=C(NCCN1C(=O)S/C(=C/c2cccnc2)C1=O)c1ccccc1OCc1ccc(F)cc1. The number of carbonyl (C=O) groups excluding carboxylic acids is 3. The number of nitrogens with one attached hydrogen (secondary N) is 1. The summed E-state index contributed by atoms with van der Waals surface area (Å²) in [5.74, 6) is -0.768. The van der Waals surface area contributed by atoms with E-state index in [0.717, 1.165) is 27.8 Å². The van der Waals surface area contributed by atoms with Gasteiger partial charge < -0.3 is 10.1 Å². The van der Waals surface area contributed by atoms with Crippen molar-refractivity contribution in [3.05, 3.63) is 100 Å². The van der Waals surface area contributed by atoms with E-state index in [1.165, 1.54) is 12.1 Å². The molecular formula is C25H20FN3O4S. The fraction of sp³-hybridized carbons (Fsp3) is 0.120. The molecule has 7 nitrogen and oxygen atoms in total. The van der Waals surface area contributed by atoms with E-state index in [4.69, 9.17) is 4.74 Å². The number of nitrogens with zero attached hydrogens (tertiary/aromatic N) is 2. The summed E-state index contributed by atoms with van der Waals surface area (Å²) in [6, 6.07) is 16.2. The van der Waals surface area contributed by atoms with Crippen LogP contribution < -0.4 is 10.1 Å². The fourth-order valence-electron chi connectivity index (χ4n) is 3.20. The number of thioether (sulfide) groups is 1. The van der Waals surface area contributed by atoms with E-state index in [2.05, 4.69) is 10.3 Å². The Labute approximate surface area is 199 Å². The molecule has 1 saturated heterocycles. The van der Waals surface area contributed by atoms with E-state index < -0.39 is 17.1 Å². The van der Waals surface area contributed by atoms with Crippen LogP contribution in [0.1, 0.15) is 21.5 Å². The summed E-state index contributed by atoms with van der Waals surface area (Å²) in [5.41, 5.74) is 1.80. The smallest absolute Gasteiger partial charge is 0.293 e. The highest BCUT2D eigenvalue weighted by Crippen LogP contribution is 2.31. The quantitative estimate of drug-likeness (QED) is 0.488. The van der Waals surface area contributed by atoms with Gasteiger partial charge >= 0.3 is 0 Å². The number of benzene rings is 2. The van der Waals surface area contributed by atoms with E-state index in [0.29, 0.717) is 16.2 Å². The van der Waals surface area contributed by atoms with Gasteiger partial charge in [0.2, 0.25) is 0 Å². The van der Waals surface area contributed by atoms with Crippen molar-refractivity contribution in [3.8, 4) is 5.75 Å². The van der Waals surface area contributed by atoms with Gasteiger partial charge in [0.25, 0.3) is 17.1 Å². The number of para-hydroxylation sites is 1. The second kappa shape index (κ2) is 10.8. The van der Waals surface area contributed by atoms with Crippen LogP contribution in [0.3, 0.4) is 0 Å². The zero-order valence-electron chi connectivity index (χ0n) is 17.9. The average Bonchev–Trinajstić information content (AvgIpc) is 3.11. The third-order valence-electron chi connectivity index (χ3n) is 4.92. The van der Waals surface area contributed by atoms with Gasteiger partial charge in [0.1, 0.15) is 18.2 Å². The highest BCUT2D eigenvalue weighted by atomic mass is 32.2. The Morgan fingerprint density at radius 2 is 1.88 bits per heavy atom. The number of amides is 3. The molecule has 0 saturated carbocycles. The fourth-order valence-corrected chi connectivity index (χ4v) is 4.07. The van der Waals surface area contributed by atoms with Crippen molar-refractivity contribution in [1.82, 2.24) is 15.2 Å². The minimum Gasteiger partial charge on any atom is -0.488 e. The van der Waals surface area contributed by atoms with Crippen molar-refractivity contribution in [2.45, 2.75) is 6.61 Å². The van der Waals surface area contributed by atoms with Crippen LogP contribution in [-0.4, -0.2) is 40.0 Å². The lowest BCUT2D eigenvalue weighted by Gasteiger charge is -2.14. The van der Waals surface area contributed by atoms with E-state index in [1.807, 2.05) is 0 Å². The number of carbonyl (C=O) groups is 3. The zero-order chi connectivity index (χ0) is 23.9. The van der Waals surface area contributed by atoms with Crippen LogP contribution in [0.4, 0.5) is 9.18 Å². The molecule has 1 aliphatic heterocycles. The van der Waals surface area contributed by atoms with Gasteiger partial charge in [-0.15, -0.1) is 0 Å². The molecule has 3 aromatic rings. The average molecular weight is 478 g/mol. The summed E-state index contributed by atoms with van der Waals surface area (Å²) in [4.78, 5) is 43.0. The standard InChI is InChI=1S/C25H20FN3O4S/c26-19-9-7-17(8-10-19)16-33-21-6-2-1-5-20(21)23(30)28-12-13-29-24(31)22(34-25(29)32)14-18-4-3-11-27-15-18/h1-11,14-15H,12-13,16H2,(H,28,30)/b22-14+. The predicted octanol–water partition coefficient (Wildman–Crippen LogP) is 4.27. The lowest BCUT2D eigenvalue weighted by molar-refractivity contribution is -0.122. The molecule has 1 fully saturated rings. The van der Waals surface area contributed by atoms with Crippen molar-refractivity contribution >= 4 is 34.9 Å². The molecule has 1 aliphatic rings. The van der Waals surface area contributed by atoms with E-state index >= 15 is 0 Å². The second-order valence-corrected chi connectivity index (χ2v) is 8.28. The first kappa shape index (κ1) is 23.2. The van der Waals surface area contributed by atoms with Crippen LogP contribution in [0.25, 0.3) is 6.08 Å². The third-order valence-corrected chi connectivity index (χ3v) is 5.82. The van der Waals surface area contributed by atoms with Gasteiger partial charge in [0, 0.05) is 25.5 Å². The largest absolute Gasteiger partial charge is 0.488 e. The molecule has 0 aliphatic carbocycles. The number of halogens is 1. The van der Waals surface area contributed by atoms with Crippen molar-refractivity contribution in [1.29, 1.82) is 0 Å². The van der Waals surface area contributed by atoms with Gasteiger partial charge in [0.15, 0.2) is 0 Å². The monoisotopic (exact) mass is 477 g/mol. The predicted molar refractivity (Wildman–Crippen MR) is 126 cm³/mol. The first-order valence-corrected chi connectivity index (χ1v) is 11.2. The second-order valence-electron chi connectivity index (χ2n) is 7.29. The summed E-state index contributed by atoms with van der Waals surface area (Å²) in [6.07, 6.45) is 4.84. The lowest BCUT2D eigenvalue weighted by Crippen LogP contribution is -2.37. The summed E-state index contributed by atoms with van der Waals surface area (Å²) < 4.78 is 18.8. The van der Waals surface area contributed by atoms with Crippen LogP contribution in [0.15, 0.2) is 78.0 Å². The maximum absolute atomic E-state index is 13.1. The van der Waals surface area contributed by atoms with Crippen molar-refractivity contribution in [2.24, 2.45) is 0 Å². The molecule has 172 valence electrons. The van der Waals surface area contributed by atoms with Crippen LogP contribution in [-0.2, 0) is 11.4 Å². The Kier molecular flexibility index (Phi) is 7.34. The number of hydrogen-bond donors (Lipinski definition) is 1. The van der Waals surface area contributed by atoms with E-state index in [9.17, 15) is 18.8 Å². The molecule has 0 spiro atoms. The number of pyridine rings is 1. The van der Waals surface area contributed by atoms with Gasteiger partial charge in [-0.3, -0.25) is 24.3 Å². The highest BCUT2D eigenvalue weighted by molar-refractivity contribution is 8.18. The summed E-state index contributed by atoms with van der Waals surface area (Å²) >= 11 is 0.854. The van der Waals surface area contributed by atoms with Crippen LogP contribution in [0, 0.1) is 5.82 Å². The maximum Gasteiger partial charge on any atom is 0.293 e. The van der Waals surface area contributed by atoms with Gasteiger partial charge in [-0.2, -0.15) is 0 Å². The van der Waals surface area contributed by atoms with Gasteiger partial charge in [-0.25, -0.2) is 4.39 Å². The first-order chi connectivity index (χ1) is 16.5. The number of rotatable bonds is 8. The molecule has 4 rings (SSSR count).